The Morgan fingerprint density at radius 3 is 2.67 bits per heavy atom. The number of rotatable bonds is 3. The van der Waals surface area contributed by atoms with Gasteiger partial charge in [-0.15, -0.1) is 0 Å². The molecule has 2 nitrogen and oxygen atoms in total. The molecule has 0 aliphatic rings. The molecule has 0 spiro atoms. The third-order valence-electron chi connectivity index (χ3n) is 2.18. The van der Waals surface area contributed by atoms with Crippen LogP contribution in [0.25, 0.3) is 0 Å². The number of pyridine rings is 1. The van der Waals surface area contributed by atoms with Crippen LogP contribution >= 0.6 is 27.9 Å². The number of hydrogen-bond acceptors (Lipinski definition) is 3. The highest BCUT2D eigenvalue weighted by atomic mass is 79.9. The Bertz CT molecular complexity index is 566. The minimum absolute atomic E-state index is 0.360. The van der Waals surface area contributed by atoms with Gasteiger partial charge in [0, 0.05) is 23.8 Å². The van der Waals surface area contributed by atoms with Gasteiger partial charge in [-0.2, -0.15) is 0 Å². The lowest BCUT2D eigenvalue weighted by atomic mass is 10.3. The molecule has 0 unspecified atom stereocenters. The fraction of sp³-hybridized carbons (Fsp3) is 0.0833. The fourth-order valence-corrected chi connectivity index (χ4v) is 2.45. The van der Waals surface area contributed by atoms with Crippen LogP contribution in [0, 0.1) is 11.6 Å². The van der Waals surface area contributed by atoms with E-state index >= 15 is 0 Å². The van der Waals surface area contributed by atoms with Crippen molar-refractivity contribution in [2.45, 2.75) is 4.90 Å². The first-order valence-corrected chi connectivity index (χ1v) is 6.60. The van der Waals surface area contributed by atoms with E-state index in [0.29, 0.717) is 4.90 Å². The van der Waals surface area contributed by atoms with Crippen LogP contribution < -0.4 is 4.31 Å². The van der Waals surface area contributed by atoms with E-state index < -0.39 is 11.6 Å². The summed E-state index contributed by atoms with van der Waals surface area (Å²) in [5.41, 5.74) is 0.818. The minimum atomic E-state index is -0.580. The number of anilines is 1. The van der Waals surface area contributed by atoms with Gasteiger partial charge in [0.05, 0.1) is 16.8 Å². The summed E-state index contributed by atoms with van der Waals surface area (Å²) in [4.78, 5) is 4.39. The Balaban J connectivity index is 2.18. The predicted octanol–water partition coefficient (Wildman–Crippen LogP) is 4.27. The van der Waals surface area contributed by atoms with Gasteiger partial charge in [-0.1, -0.05) is 0 Å². The SMILES string of the molecule is CN(Sc1ccc(F)cc1F)c1cncc(Br)c1. The van der Waals surface area contributed by atoms with Crippen LogP contribution in [-0.2, 0) is 0 Å². The average molecular weight is 331 g/mol. The van der Waals surface area contributed by atoms with E-state index in [4.69, 9.17) is 0 Å². The third kappa shape index (κ3) is 3.20. The summed E-state index contributed by atoms with van der Waals surface area (Å²) in [7, 11) is 1.79. The number of halogens is 3. The first-order valence-electron chi connectivity index (χ1n) is 5.03. The van der Waals surface area contributed by atoms with Crippen molar-refractivity contribution in [3.05, 3.63) is 52.8 Å². The van der Waals surface area contributed by atoms with Crippen LogP contribution in [0.2, 0.25) is 0 Å². The van der Waals surface area contributed by atoms with Crippen molar-refractivity contribution < 1.29 is 8.78 Å². The molecule has 2 aromatic rings. The van der Waals surface area contributed by atoms with Gasteiger partial charge < -0.3 is 4.31 Å². The molecule has 94 valence electrons. The molecular weight excluding hydrogens is 322 g/mol. The maximum Gasteiger partial charge on any atom is 0.141 e. The second kappa shape index (κ2) is 5.67. The second-order valence-corrected chi connectivity index (χ2v) is 5.61. The average Bonchev–Trinajstić information content (AvgIpc) is 2.32. The molecule has 2 rings (SSSR count). The lowest BCUT2D eigenvalue weighted by molar-refractivity contribution is 0.565. The van der Waals surface area contributed by atoms with Crippen molar-refractivity contribution in [3.63, 3.8) is 0 Å². The Morgan fingerprint density at radius 2 is 2.00 bits per heavy atom. The zero-order chi connectivity index (χ0) is 13.1. The standard InChI is InChI=1S/C12H9BrF2N2S/c1-17(10-4-8(13)6-16-7-10)18-12-3-2-9(14)5-11(12)15/h2-7H,1H3. The molecule has 1 aromatic heterocycles. The Labute approximate surface area is 116 Å². The smallest absolute Gasteiger partial charge is 0.141 e. The normalized spacial score (nSPS) is 10.4. The summed E-state index contributed by atoms with van der Waals surface area (Å²) < 4.78 is 28.9. The zero-order valence-corrected chi connectivity index (χ0v) is 11.8. The molecular formula is C12H9BrF2N2S. The molecule has 0 amide bonds. The van der Waals surface area contributed by atoms with Crippen LogP contribution in [0.5, 0.6) is 0 Å². The van der Waals surface area contributed by atoms with Gasteiger partial charge in [0.1, 0.15) is 11.6 Å². The number of benzene rings is 1. The molecule has 18 heavy (non-hydrogen) atoms. The van der Waals surface area contributed by atoms with Crippen molar-refractivity contribution in [3.8, 4) is 0 Å². The molecule has 0 radical (unpaired) electrons. The molecule has 0 atom stereocenters. The highest BCUT2D eigenvalue weighted by Gasteiger charge is 2.09. The highest BCUT2D eigenvalue weighted by Crippen LogP contribution is 2.30. The molecule has 0 aliphatic carbocycles. The highest BCUT2D eigenvalue weighted by molar-refractivity contribution is 9.10. The third-order valence-corrected chi connectivity index (χ3v) is 3.63. The van der Waals surface area contributed by atoms with E-state index in [9.17, 15) is 8.78 Å². The van der Waals surface area contributed by atoms with Crippen LogP contribution in [-0.4, -0.2) is 12.0 Å². The fourth-order valence-electron chi connectivity index (χ4n) is 1.32. The number of hydrogen-bond donors (Lipinski definition) is 0. The van der Waals surface area contributed by atoms with Gasteiger partial charge in [-0.05, 0) is 46.1 Å². The summed E-state index contributed by atoms with van der Waals surface area (Å²) >= 11 is 4.49. The maximum absolute atomic E-state index is 13.5. The van der Waals surface area contributed by atoms with E-state index in [-0.39, 0.29) is 0 Å². The molecule has 0 fully saturated rings. The topological polar surface area (TPSA) is 16.1 Å². The monoisotopic (exact) mass is 330 g/mol. The Morgan fingerprint density at radius 1 is 1.22 bits per heavy atom. The van der Waals surface area contributed by atoms with Gasteiger partial charge >= 0.3 is 0 Å². The Kier molecular flexibility index (Phi) is 4.19. The minimum Gasteiger partial charge on any atom is -0.314 e. The first-order chi connectivity index (χ1) is 8.56. The van der Waals surface area contributed by atoms with E-state index in [1.807, 2.05) is 6.07 Å². The van der Waals surface area contributed by atoms with Gasteiger partial charge in [-0.25, -0.2) is 8.78 Å². The summed E-state index contributed by atoms with van der Waals surface area (Å²) in [6.07, 6.45) is 3.33. The lowest BCUT2D eigenvalue weighted by Crippen LogP contribution is -2.07. The molecule has 0 aliphatic heterocycles. The molecule has 0 bridgehead atoms. The maximum atomic E-state index is 13.5. The van der Waals surface area contributed by atoms with Crippen LogP contribution in [0.1, 0.15) is 0 Å². The van der Waals surface area contributed by atoms with Crippen molar-refractivity contribution in [1.29, 1.82) is 0 Å². The molecule has 0 saturated carbocycles. The van der Waals surface area contributed by atoms with Gasteiger partial charge in [-0.3, -0.25) is 4.98 Å². The molecule has 0 N–H and O–H groups in total. The van der Waals surface area contributed by atoms with E-state index in [2.05, 4.69) is 20.9 Å². The quantitative estimate of drug-likeness (QED) is 0.782. The van der Waals surface area contributed by atoms with Crippen LogP contribution in [0.3, 0.4) is 0 Å². The van der Waals surface area contributed by atoms with Crippen LogP contribution in [0.4, 0.5) is 14.5 Å². The van der Waals surface area contributed by atoms with E-state index in [1.54, 1.807) is 23.7 Å². The van der Waals surface area contributed by atoms with Crippen LogP contribution in [0.15, 0.2) is 46.0 Å². The van der Waals surface area contributed by atoms with Gasteiger partial charge in [0.2, 0.25) is 0 Å². The van der Waals surface area contributed by atoms with Gasteiger partial charge in [0.15, 0.2) is 0 Å². The van der Waals surface area contributed by atoms with Crippen molar-refractivity contribution in [2.75, 3.05) is 11.4 Å². The summed E-state index contributed by atoms with van der Waals surface area (Å²) in [6, 6.07) is 5.38. The van der Waals surface area contributed by atoms with E-state index in [1.165, 1.54) is 24.1 Å². The Hall–Kier alpha value is -1.14. The molecule has 6 heteroatoms. The predicted molar refractivity (Wildman–Crippen MR) is 72.6 cm³/mol. The zero-order valence-electron chi connectivity index (χ0n) is 9.40. The molecule has 1 heterocycles. The summed E-state index contributed by atoms with van der Waals surface area (Å²) in [5.74, 6) is -1.15. The first kappa shape index (κ1) is 13.3. The summed E-state index contributed by atoms with van der Waals surface area (Å²) in [6.45, 7) is 0. The van der Waals surface area contributed by atoms with E-state index in [0.717, 1.165) is 16.2 Å². The summed E-state index contributed by atoms with van der Waals surface area (Å²) in [5, 5.41) is 0. The van der Waals surface area contributed by atoms with Crippen molar-refractivity contribution in [2.24, 2.45) is 0 Å². The van der Waals surface area contributed by atoms with Crippen molar-refractivity contribution >= 4 is 33.6 Å². The second-order valence-electron chi connectivity index (χ2n) is 3.52. The number of nitrogens with zero attached hydrogens (tertiary/aromatic N) is 2. The molecule has 1 aromatic carbocycles. The largest absolute Gasteiger partial charge is 0.314 e. The lowest BCUT2D eigenvalue weighted by Gasteiger charge is -2.17. The van der Waals surface area contributed by atoms with Crippen molar-refractivity contribution in [1.82, 2.24) is 4.98 Å². The number of aromatic nitrogens is 1. The molecule has 0 saturated heterocycles. The van der Waals surface area contributed by atoms with Gasteiger partial charge in [0.25, 0.3) is 0 Å².